The number of fused-ring (bicyclic) bond motifs is 2. The average molecular weight is 261 g/mol. The Bertz CT molecular complexity index is 461. The molecule has 2 aliphatic heterocycles. The van der Waals surface area contributed by atoms with Gasteiger partial charge in [0.15, 0.2) is 0 Å². The molecule has 0 aliphatic carbocycles. The molecule has 0 aromatic carbocycles. The summed E-state index contributed by atoms with van der Waals surface area (Å²) in [4.78, 5) is 9.49. The van der Waals surface area contributed by atoms with Crippen LogP contribution in [0.4, 0.5) is 5.82 Å². The molecule has 19 heavy (non-hydrogen) atoms. The number of anilines is 1. The van der Waals surface area contributed by atoms with Gasteiger partial charge in [0.05, 0.1) is 12.2 Å². The zero-order chi connectivity index (χ0) is 13.4. The van der Waals surface area contributed by atoms with E-state index in [0.717, 1.165) is 30.3 Å². The van der Waals surface area contributed by atoms with Crippen LogP contribution in [-0.4, -0.2) is 28.7 Å². The van der Waals surface area contributed by atoms with Crippen molar-refractivity contribution in [2.24, 2.45) is 0 Å². The first-order valence-electron chi connectivity index (χ1n) is 7.45. The van der Waals surface area contributed by atoms with Crippen LogP contribution in [0.3, 0.4) is 0 Å². The summed E-state index contributed by atoms with van der Waals surface area (Å²) in [5, 5.41) is 3.32. The standard InChI is InChI=1S/C15H23N3O/c1-4-16-14-8-12(9(2)3)17-15(18-14)11-7-10-5-6-13(11)19-10/h8-11,13H,4-7H2,1-3H3,(H,16,17,18). The van der Waals surface area contributed by atoms with Gasteiger partial charge in [0.25, 0.3) is 0 Å². The molecule has 0 spiro atoms. The van der Waals surface area contributed by atoms with Gasteiger partial charge in [-0.3, -0.25) is 0 Å². The first-order chi connectivity index (χ1) is 9.17. The number of hydrogen-bond acceptors (Lipinski definition) is 4. The minimum absolute atomic E-state index is 0.349. The van der Waals surface area contributed by atoms with Gasteiger partial charge < -0.3 is 10.1 Å². The van der Waals surface area contributed by atoms with Crippen molar-refractivity contribution in [2.75, 3.05) is 11.9 Å². The smallest absolute Gasteiger partial charge is 0.136 e. The minimum atomic E-state index is 0.349. The third-order valence-electron chi connectivity index (χ3n) is 4.15. The Morgan fingerprint density at radius 3 is 2.79 bits per heavy atom. The second kappa shape index (κ2) is 5.08. The fourth-order valence-corrected chi connectivity index (χ4v) is 3.13. The lowest BCUT2D eigenvalue weighted by molar-refractivity contribution is 0.0998. The van der Waals surface area contributed by atoms with Crippen LogP contribution in [-0.2, 0) is 4.74 Å². The number of nitrogens with zero attached hydrogens (tertiary/aromatic N) is 2. The zero-order valence-electron chi connectivity index (χ0n) is 12.0. The van der Waals surface area contributed by atoms with E-state index in [9.17, 15) is 0 Å². The van der Waals surface area contributed by atoms with Crippen molar-refractivity contribution in [3.63, 3.8) is 0 Å². The van der Waals surface area contributed by atoms with Gasteiger partial charge in [0.1, 0.15) is 11.6 Å². The quantitative estimate of drug-likeness (QED) is 0.905. The highest BCUT2D eigenvalue weighted by Crippen LogP contribution is 2.43. The first-order valence-corrected chi connectivity index (χ1v) is 7.45. The molecule has 1 N–H and O–H groups in total. The summed E-state index contributed by atoms with van der Waals surface area (Å²) in [6, 6.07) is 2.08. The van der Waals surface area contributed by atoms with Gasteiger partial charge >= 0.3 is 0 Å². The Morgan fingerprint density at radius 2 is 2.21 bits per heavy atom. The molecule has 0 saturated carbocycles. The minimum Gasteiger partial charge on any atom is -0.374 e. The van der Waals surface area contributed by atoms with Crippen molar-refractivity contribution in [2.45, 2.75) is 64.1 Å². The summed E-state index contributed by atoms with van der Waals surface area (Å²) >= 11 is 0. The molecule has 1 aromatic heterocycles. The van der Waals surface area contributed by atoms with Gasteiger partial charge in [-0.1, -0.05) is 13.8 Å². The van der Waals surface area contributed by atoms with Crippen molar-refractivity contribution in [1.29, 1.82) is 0 Å². The average Bonchev–Trinajstić information content (AvgIpc) is 3.01. The van der Waals surface area contributed by atoms with Crippen molar-refractivity contribution >= 4 is 5.82 Å². The molecule has 0 radical (unpaired) electrons. The summed E-state index contributed by atoms with van der Waals surface area (Å²) in [5.41, 5.74) is 1.13. The van der Waals surface area contributed by atoms with E-state index < -0.39 is 0 Å². The van der Waals surface area contributed by atoms with E-state index in [2.05, 4.69) is 32.2 Å². The highest BCUT2D eigenvalue weighted by atomic mass is 16.5. The van der Waals surface area contributed by atoms with E-state index >= 15 is 0 Å². The summed E-state index contributed by atoms with van der Waals surface area (Å²) < 4.78 is 5.94. The van der Waals surface area contributed by atoms with Gasteiger partial charge in [0.2, 0.25) is 0 Å². The molecule has 2 bridgehead atoms. The monoisotopic (exact) mass is 261 g/mol. The maximum Gasteiger partial charge on any atom is 0.136 e. The molecule has 2 aliphatic rings. The van der Waals surface area contributed by atoms with Gasteiger partial charge in [-0.25, -0.2) is 9.97 Å². The number of nitrogens with one attached hydrogen (secondary N) is 1. The molecule has 3 rings (SSSR count). The summed E-state index contributed by atoms with van der Waals surface area (Å²) in [7, 11) is 0. The van der Waals surface area contributed by atoms with E-state index in [4.69, 9.17) is 14.7 Å². The van der Waals surface area contributed by atoms with Crippen LogP contribution < -0.4 is 5.32 Å². The second-order valence-corrected chi connectivity index (χ2v) is 5.94. The summed E-state index contributed by atoms with van der Waals surface area (Å²) in [6.45, 7) is 7.34. The fourth-order valence-electron chi connectivity index (χ4n) is 3.13. The molecule has 104 valence electrons. The highest BCUT2D eigenvalue weighted by Gasteiger charge is 2.43. The fraction of sp³-hybridized carbons (Fsp3) is 0.733. The van der Waals surface area contributed by atoms with Crippen molar-refractivity contribution in [1.82, 2.24) is 9.97 Å². The van der Waals surface area contributed by atoms with Gasteiger partial charge in [-0.15, -0.1) is 0 Å². The molecule has 4 heteroatoms. The van der Waals surface area contributed by atoms with Crippen LogP contribution in [0.1, 0.15) is 63.4 Å². The molecule has 0 amide bonds. The first kappa shape index (κ1) is 12.9. The normalized spacial score (nSPS) is 29.2. The maximum absolute atomic E-state index is 5.94. The Kier molecular flexibility index (Phi) is 3.44. The Hall–Kier alpha value is -1.16. The molecule has 3 heterocycles. The molecular weight excluding hydrogens is 238 g/mol. The third kappa shape index (κ3) is 2.46. The van der Waals surface area contributed by atoms with E-state index in [1.54, 1.807) is 0 Å². The Labute approximate surface area is 115 Å². The number of hydrogen-bond donors (Lipinski definition) is 1. The number of rotatable bonds is 4. The topological polar surface area (TPSA) is 47.0 Å². The molecular formula is C15H23N3O. The van der Waals surface area contributed by atoms with Crippen LogP contribution in [0, 0.1) is 0 Å². The number of aromatic nitrogens is 2. The molecule has 2 fully saturated rings. The second-order valence-electron chi connectivity index (χ2n) is 5.94. The van der Waals surface area contributed by atoms with Crippen molar-refractivity contribution < 1.29 is 4.74 Å². The number of ether oxygens (including phenoxy) is 1. The molecule has 3 atom stereocenters. The zero-order valence-corrected chi connectivity index (χ0v) is 12.0. The summed E-state index contributed by atoms with van der Waals surface area (Å²) in [6.07, 6.45) is 4.27. The Balaban J connectivity index is 1.91. The lowest BCUT2D eigenvalue weighted by atomic mass is 9.88. The van der Waals surface area contributed by atoms with E-state index in [1.807, 2.05) is 0 Å². The van der Waals surface area contributed by atoms with E-state index in [0.29, 0.717) is 24.0 Å². The van der Waals surface area contributed by atoms with Gasteiger partial charge in [0, 0.05) is 24.2 Å². The van der Waals surface area contributed by atoms with Crippen LogP contribution in [0.2, 0.25) is 0 Å². The predicted octanol–water partition coefficient (Wildman–Crippen LogP) is 3.07. The molecule has 3 unspecified atom stereocenters. The SMILES string of the molecule is CCNc1cc(C(C)C)nc(C2CC3CCC2O3)n1. The lowest BCUT2D eigenvalue weighted by Crippen LogP contribution is -2.19. The van der Waals surface area contributed by atoms with Crippen LogP contribution >= 0.6 is 0 Å². The molecule has 4 nitrogen and oxygen atoms in total. The maximum atomic E-state index is 5.94. The van der Waals surface area contributed by atoms with Gasteiger partial charge in [-0.05, 0) is 32.1 Å². The highest BCUT2D eigenvalue weighted by molar-refractivity contribution is 5.37. The van der Waals surface area contributed by atoms with Crippen molar-refractivity contribution in [3.05, 3.63) is 17.6 Å². The predicted molar refractivity (Wildman–Crippen MR) is 75.5 cm³/mol. The van der Waals surface area contributed by atoms with Gasteiger partial charge in [-0.2, -0.15) is 0 Å². The van der Waals surface area contributed by atoms with E-state index in [1.165, 1.54) is 12.8 Å². The van der Waals surface area contributed by atoms with Crippen molar-refractivity contribution in [3.8, 4) is 0 Å². The largest absolute Gasteiger partial charge is 0.374 e. The Morgan fingerprint density at radius 1 is 1.37 bits per heavy atom. The summed E-state index contributed by atoms with van der Waals surface area (Å²) in [5.74, 6) is 2.77. The molecule has 2 saturated heterocycles. The van der Waals surface area contributed by atoms with Crippen LogP contribution in [0.5, 0.6) is 0 Å². The van der Waals surface area contributed by atoms with E-state index in [-0.39, 0.29) is 0 Å². The van der Waals surface area contributed by atoms with Crippen LogP contribution in [0.25, 0.3) is 0 Å². The third-order valence-corrected chi connectivity index (χ3v) is 4.15. The lowest BCUT2D eigenvalue weighted by Gasteiger charge is -2.19. The van der Waals surface area contributed by atoms with Crippen LogP contribution in [0.15, 0.2) is 6.07 Å². The molecule has 1 aromatic rings.